The van der Waals surface area contributed by atoms with Crippen LogP contribution in [0, 0.1) is 0 Å². The summed E-state index contributed by atoms with van der Waals surface area (Å²) < 4.78 is 5.16. The number of rotatable bonds is 5. The molecule has 4 aromatic rings. The average Bonchev–Trinajstić information content (AvgIpc) is 3.20. The van der Waals surface area contributed by atoms with E-state index in [1.807, 2.05) is 30.3 Å². The minimum absolute atomic E-state index is 0.193. The van der Waals surface area contributed by atoms with Crippen molar-refractivity contribution in [3.8, 4) is 17.0 Å². The SMILES string of the molecule is COc1cnnc(CNc2nc(N)nc3cc(-c4ccn[nH]4)ccc23)c1. The first-order valence-corrected chi connectivity index (χ1v) is 7.89. The molecule has 0 bridgehead atoms. The number of hydrogen-bond acceptors (Lipinski definition) is 8. The van der Waals surface area contributed by atoms with Gasteiger partial charge in [-0.2, -0.15) is 20.3 Å². The smallest absolute Gasteiger partial charge is 0.222 e. The fraction of sp³-hybridized carbons (Fsp3) is 0.118. The number of methoxy groups -OCH3 is 1. The molecule has 130 valence electrons. The lowest BCUT2D eigenvalue weighted by atomic mass is 10.1. The second-order valence-corrected chi connectivity index (χ2v) is 5.57. The van der Waals surface area contributed by atoms with E-state index < -0.39 is 0 Å². The minimum Gasteiger partial charge on any atom is -0.495 e. The normalized spacial score (nSPS) is 10.8. The van der Waals surface area contributed by atoms with Crippen LogP contribution in [-0.2, 0) is 6.54 Å². The Kier molecular flexibility index (Phi) is 4.02. The number of benzene rings is 1. The van der Waals surface area contributed by atoms with E-state index in [1.54, 1.807) is 19.5 Å². The number of nitrogens with one attached hydrogen (secondary N) is 2. The Morgan fingerprint density at radius 1 is 1.19 bits per heavy atom. The van der Waals surface area contributed by atoms with Crippen molar-refractivity contribution in [2.75, 3.05) is 18.2 Å². The van der Waals surface area contributed by atoms with Crippen molar-refractivity contribution >= 4 is 22.7 Å². The lowest BCUT2D eigenvalue weighted by Crippen LogP contribution is -2.07. The van der Waals surface area contributed by atoms with Crippen LogP contribution in [0.4, 0.5) is 11.8 Å². The number of anilines is 2. The molecular weight excluding hydrogens is 332 g/mol. The van der Waals surface area contributed by atoms with Crippen LogP contribution >= 0.6 is 0 Å². The van der Waals surface area contributed by atoms with Gasteiger partial charge in [0.15, 0.2) is 0 Å². The molecule has 1 aromatic carbocycles. The molecule has 3 heterocycles. The van der Waals surface area contributed by atoms with Gasteiger partial charge in [0.25, 0.3) is 0 Å². The van der Waals surface area contributed by atoms with E-state index in [1.165, 1.54) is 0 Å². The van der Waals surface area contributed by atoms with Gasteiger partial charge < -0.3 is 15.8 Å². The largest absolute Gasteiger partial charge is 0.495 e. The molecule has 0 aliphatic carbocycles. The van der Waals surface area contributed by atoms with Gasteiger partial charge in [-0.25, -0.2) is 4.98 Å². The van der Waals surface area contributed by atoms with Crippen molar-refractivity contribution in [3.05, 3.63) is 48.4 Å². The highest BCUT2D eigenvalue weighted by molar-refractivity contribution is 5.92. The first kappa shape index (κ1) is 15.8. The maximum absolute atomic E-state index is 5.88. The fourth-order valence-corrected chi connectivity index (χ4v) is 2.63. The van der Waals surface area contributed by atoms with Crippen molar-refractivity contribution in [1.82, 2.24) is 30.4 Å². The van der Waals surface area contributed by atoms with Gasteiger partial charge in [0.2, 0.25) is 5.95 Å². The number of nitrogens with two attached hydrogens (primary N) is 1. The van der Waals surface area contributed by atoms with Crippen LogP contribution in [0.25, 0.3) is 22.2 Å². The Hall–Kier alpha value is -3.75. The van der Waals surface area contributed by atoms with Gasteiger partial charge in [0.1, 0.15) is 11.6 Å². The molecule has 0 amide bonds. The number of hydrogen-bond donors (Lipinski definition) is 3. The van der Waals surface area contributed by atoms with Gasteiger partial charge >= 0.3 is 0 Å². The summed E-state index contributed by atoms with van der Waals surface area (Å²) in [6.07, 6.45) is 3.26. The fourth-order valence-electron chi connectivity index (χ4n) is 2.63. The average molecular weight is 348 g/mol. The lowest BCUT2D eigenvalue weighted by molar-refractivity contribution is 0.410. The van der Waals surface area contributed by atoms with Crippen molar-refractivity contribution in [1.29, 1.82) is 0 Å². The summed E-state index contributed by atoms with van der Waals surface area (Å²) in [5.74, 6) is 1.47. The maximum Gasteiger partial charge on any atom is 0.222 e. The monoisotopic (exact) mass is 348 g/mol. The number of fused-ring (bicyclic) bond motifs is 1. The molecule has 9 nitrogen and oxygen atoms in total. The summed E-state index contributed by atoms with van der Waals surface area (Å²) in [5.41, 5.74) is 9.22. The highest BCUT2D eigenvalue weighted by Gasteiger charge is 2.09. The summed E-state index contributed by atoms with van der Waals surface area (Å²) in [6.45, 7) is 0.429. The zero-order chi connectivity index (χ0) is 17.9. The quantitative estimate of drug-likeness (QED) is 0.500. The van der Waals surface area contributed by atoms with Gasteiger partial charge in [0.05, 0.1) is 36.8 Å². The number of nitrogen functional groups attached to an aromatic ring is 1. The number of nitrogens with zero attached hydrogens (tertiary/aromatic N) is 5. The molecule has 4 N–H and O–H groups in total. The van der Waals surface area contributed by atoms with Crippen LogP contribution < -0.4 is 15.8 Å². The van der Waals surface area contributed by atoms with Gasteiger partial charge in [0, 0.05) is 23.2 Å². The Labute approximate surface area is 148 Å². The molecule has 0 fully saturated rings. The highest BCUT2D eigenvalue weighted by Crippen LogP contribution is 2.26. The molecule has 4 rings (SSSR count). The standard InChI is InChI=1S/C17H16N8O/c1-26-12-7-11(24-21-9-12)8-19-16-13-3-2-10(14-4-5-20-25-14)6-15(13)22-17(18)23-16/h2-7,9H,8H2,1H3,(H,20,25)(H3,18,19,22,23). The molecular formula is C17H16N8O. The highest BCUT2D eigenvalue weighted by atomic mass is 16.5. The zero-order valence-corrected chi connectivity index (χ0v) is 14.0. The van der Waals surface area contributed by atoms with Gasteiger partial charge in [-0.1, -0.05) is 6.07 Å². The summed E-state index contributed by atoms with van der Waals surface area (Å²) >= 11 is 0. The summed E-state index contributed by atoms with van der Waals surface area (Å²) in [7, 11) is 1.59. The van der Waals surface area contributed by atoms with Gasteiger partial charge in [-0.15, -0.1) is 0 Å². The maximum atomic E-state index is 5.88. The number of aromatic amines is 1. The molecule has 0 saturated heterocycles. The summed E-state index contributed by atoms with van der Waals surface area (Å²) in [6, 6.07) is 9.57. The van der Waals surface area contributed by atoms with Crippen molar-refractivity contribution in [3.63, 3.8) is 0 Å². The molecule has 0 unspecified atom stereocenters. The molecule has 0 saturated carbocycles. The Balaban J connectivity index is 1.66. The number of H-pyrrole nitrogens is 1. The third-order valence-electron chi connectivity index (χ3n) is 3.88. The molecule has 0 radical (unpaired) electrons. The summed E-state index contributed by atoms with van der Waals surface area (Å²) in [4.78, 5) is 8.64. The van der Waals surface area contributed by atoms with E-state index in [0.29, 0.717) is 18.1 Å². The molecule has 0 spiro atoms. The second-order valence-electron chi connectivity index (χ2n) is 5.57. The van der Waals surface area contributed by atoms with Crippen LogP contribution in [0.2, 0.25) is 0 Å². The zero-order valence-electron chi connectivity index (χ0n) is 14.0. The molecule has 0 aliphatic heterocycles. The third-order valence-corrected chi connectivity index (χ3v) is 3.88. The van der Waals surface area contributed by atoms with Gasteiger partial charge in [-0.05, 0) is 18.2 Å². The predicted octanol–water partition coefficient (Wildman–Crippen LogP) is 2.01. The molecule has 0 atom stereocenters. The van der Waals surface area contributed by atoms with Crippen molar-refractivity contribution in [2.45, 2.75) is 6.54 Å². The minimum atomic E-state index is 0.193. The van der Waals surface area contributed by atoms with Crippen LogP contribution in [0.15, 0.2) is 42.7 Å². The molecule has 26 heavy (non-hydrogen) atoms. The Morgan fingerprint density at radius 2 is 2.12 bits per heavy atom. The van der Waals surface area contributed by atoms with E-state index in [9.17, 15) is 0 Å². The van der Waals surface area contributed by atoms with E-state index in [-0.39, 0.29) is 5.95 Å². The van der Waals surface area contributed by atoms with E-state index >= 15 is 0 Å². The van der Waals surface area contributed by atoms with Crippen LogP contribution in [-0.4, -0.2) is 37.5 Å². The Bertz CT molecular complexity index is 1050. The van der Waals surface area contributed by atoms with Gasteiger partial charge in [-0.3, -0.25) is 5.10 Å². The van der Waals surface area contributed by atoms with Crippen molar-refractivity contribution in [2.24, 2.45) is 0 Å². The second kappa shape index (κ2) is 6.63. The van der Waals surface area contributed by atoms with E-state index in [4.69, 9.17) is 10.5 Å². The van der Waals surface area contributed by atoms with Crippen LogP contribution in [0.3, 0.4) is 0 Å². The number of ether oxygens (including phenoxy) is 1. The lowest BCUT2D eigenvalue weighted by Gasteiger charge is -2.10. The topological polar surface area (TPSA) is 128 Å². The summed E-state index contributed by atoms with van der Waals surface area (Å²) in [5, 5.41) is 19.0. The number of aromatic nitrogens is 6. The molecule has 3 aromatic heterocycles. The van der Waals surface area contributed by atoms with E-state index in [2.05, 4.69) is 35.7 Å². The predicted molar refractivity (Wildman–Crippen MR) is 97.4 cm³/mol. The van der Waals surface area contributed by atoms with Crippen LogP contribution in [0.1, 0.15) is 5.69 Å². The van der Waals surface area contributed by atoms with Crippen molar-refractivity contribution < 1.29 is 4.74 Å². The molecule has 0 aliphatic rings. The third kappa shape index (κ3) is 3.09. The first-order chi connectivity index (χ1) is 12.7. The van der Waals surface area contributed by atoms with E-state index in [0.717, 1.165) is 27.9 Å². The Morgan fingerprint density at radius 3 is 2.92 bits per heavy atom. The first-order valence-electron chi connectivity index (χ1n) is 7.89. The van der Waals surface area contributed by atoms with Crippen LogP contribution in [0.5, 0.6) is 5.75 Å². The molecule has 9 heteroatoms.